The molecule has 0 spiro atoms. The molecule has 0 amide bonds. The van der Waals surface area contributed by atoms with Crippen LogP contribution in [-0.4, -0.2) is 17.1 Å². The molecular weight excluding hydrogens is 154 g/mol. The average molecular weight is 173 g/mol. The van der Waals surface area contributed by atoms with E-state index in [1.807, 2.05) is 13.8 Å². The Morgan fingerprint density at radius 3 is 2.17 bits per heavy atom. The number of carboxylic acid groups (broad SMARTS) is 1. The molecule has 0 radical (unpaired) electrons. The maximum absolute atomic E-state index is 10.5. The molecule has 0 aliphatic heterocycles. The van der Waals surface area contributed by atoms with E-state index in [1.54, 1.807) is 0 Å². The van der Waals surface area contributed by atoms with Crippen molar-refractivity contribution in [3.8, 4) is 0 Å². The highest BCUT2D eigenvalue weighted by Crippen LogP contribution is 2.30. The fraction of sp³-hybridized carbons (Fsp3) is 0.889. The summed E-state index contributed by atoms with van der Waals surface area (Å²) in [6.45, 7) is 8.24. The lowest BCUT2D eigenvalue weighted by atomic mass is 9.76. The molecular formula is C9H19NO2. The lowest BCUT2D eigenvalue weighted by Crippen LogP contribution is -2.37. The van der Waals surface area contributed by atoms with Crippen molar-refractivity contribution in [2.75, 3.05) is 0 Å². The number of nitrogens with two attached hydrogens (primary N) is 1. The predicted octanol–water partition coefficient (Wildman–Crippen LogP) is 1.47. The van der Waals surface area contributed by atoms with E-state index in [4.69, 9.17) is 10.8 Å². The first kappa shape index (κ1) is 11.4. The van der Waals surface area contributed by atoms with Crippen LogP contribution in [0.25, 0.3) is 0 Å². The van der Waals surface area contributed by atoms with Crippen LogP contribution >= 0.6 is 0 Å². The summed E-state index contributed by atoms with van der Waals surface area (Å²) in [4.78, 5) is 10.5. The Morgan fingerprint density at radius 2 is 1.92 bits per heavy atom. The van der Waals surface area contributed by atoms with Crippen molar-refractivity contribution in [2.24, 2.45) is 17.1 Å². The zero-order chi connectivity index (χ0) is 9.94. The molecule has 0 aromatic rings. The van der Waals surface area contributed by atoms with Gasteiger partial charge < -0.3 is 10.8 Å². The normalized spacial score (nSPS) is 14.8. The molecule has 3 N–H and O–H groups in total. The summed E-state index contributed by atoms with van der Waals surface area (Å²) < 4.78 is 0. The van der Waals surface area contributed by atoms with Crippen LogP contribution in [0.4, 0.5) is 0 Å². The van der Waals surface area contributed by atoms with Crippen molar-refractivity contribution in [3.63, 3.8) is 0 Å². The smallest absolute Gasteiger partial charge is 0.320 e. The minimum atomic E-state index is -0.913. The minimum Gasteiger partial charge on any atom is -0.480 e. The zero-order valence-electron chi connectivity index (χ0n) is 8.29. The van der Waals surface area contributed by atoms with Crippen molar-refractivity contribution in [1.82, 2.24) is 0 Å². The molecule has 0 rings (SSSR count). The van der Waals surface area contributed by atoms with Gasteiger partial charge in [-0.05, 0) is 17.8 Å². The number of carboxylic acids is 1. The molecule has 1 atom stereocenters. The van der Waals surface area contributed by atoms with E-state index in [2.05, 4.69) is 13.8 Å². The van der Waals surface area contributed by atoms with Gasteiger partial charge in [0.2, 0.25) is 0 Å². The number of aliphatic carboxylic acids is 1. The highest BCUT2D eigenvalue weighted by atomic mass is 16.4. The summed E-state index contributed by atoms with van der Waals surface area (Å²) in [6, 6.07) is -0.734. The topological polar surface area (TPSA) is 63.3 Å². The molecule has 72 valence electrons. The van der Waals surface area contributed by atoms with Crippen LogP contribution in [0.2, 0.25) is 0 Å². The van der Waals surface area contributed by atoms with Gasteiger partial charge in [0.15, 0.2) is 0 Å². The van der Waals surface area contributed by atoms with E-state index in [0.717, 1.165) is 0 Å². The fourth-order valence-electron chi connectivity index (χ4n) is 0.890. The van der Waals surface area contributed by atoms with E-state index < -0.39 is 12.0 Å². The van der Waals surface area contributed by atoms with Crippen LogP contribution in [0.1, 0.15) is 34.1 Å². The standard InChI is InChI=1S/C9H19NO2/c1-6(2)9(3,4)5-7(10)8(11)12/h6-7H,5,10H2,1-4H3,(H,11,12)/t7-/m0/s1. The van der Waals surface area contributed by atoms with Gasteiger partial charge in [0.1, 0.15) is 6.04 Å². The summed E-state index contributed by atoms with van der Waals surface area (Å²) in [5, 5.41) is 8.60. The van der Waals surface area contributed by atoms with Crippen LogP contribution in [0, 0.1) is 11.3 Å². The summed E-state index contributed by atoms with van der Waals surface area (Å²) >= 11 is 0. The van der Waals surface area contributed by atoms with Crippen molar-refractivity contribution in [2.45, 2.75) is 40.2 Å². The molecule has 0 aliphatic carbocycles. The summed E-state index contributed by atoms with van der Waals surface area (Å²) in [6.07, 6.45) is 0.528. The second-order valence-corrected chi connectivity index (χ2v) is 4.29. The van der Waals surface area contributed by atoms with Gasteiger partial charge in [-0.25, -0.2) is 0 Å². The number of hydrogen-bond donors (Lipinski definition) is 2. The molecule has 0 unspecified atom stereocenters. The monoisotopic (exact) mass is 173 g/mol. The largest absolute Gasteiger partial charge is 0.480 e. The van der Waals surface area contributed by atoms with Gasteiger partial charge in [-0.2, -0.15) is 0 Å². The molecule has 0 aromatic heterocycles. The van der Waals surface area contributed by atoms with Crippen LogP contribution in [0.3, 0.4) is 0 Å². The molecule has 3 nitrogen and oxygen atoms in total. The molecule has 0 fully saturated rings. The van der Waals surface area contributed by atoms with Gasteiger partial charge in [-0.3, -0.25) is 4.79 Å². The van der Waals surface area contributed by atoms with E-state index >= 15 is 0 Å². The number of hydrogen-bond acceptors (Lipinski definition) is 2. The second kappa shape index (κ2) is 3.90. The zero-order valence-corrected chi connectivity index (χ0v) is 8.29. The third kappa shape index (κ3) is 3.22. The van der Waals surface area contributed by atoms with Crippen molar-refractivity contribution < 1.29 is 9.90 Å². The average Bonchev–Trinajstić information content (AvgIpc) is 1.85. The van der Waals surface area contributed by atoms with Gasteiger partial charge in [0, 0.05) is 0 Å². The van der Waals surface area contributed by atoms with E-state index in [1.165, 1.54) is 0 Å². The van der Waals surface area contributed by atoms with Gasteiger partial charge in [-0.15, -0.1) is 0 Å². The van der Waals surface area contributed by atoms with Crippen molar-refractivity contribution in [1.29, 1.82) is 0 Å². The third-order valence-electron chi connectivity index (χ3n) is 2.63. The summed E-state index contributed by atoms with van der Waals surface area (Å²) in [7, 11) is 0. The Labute approximate surface area is 74.0 Å². The highest BCUT2D eigenvalue weighted by Gasteiger charge is 2.27. The molecule has 0 heterocycles. The third-order valence-corrected chi connectivity index (χ3v) is 2.63. The number of rotatable bonds is 4. The van der Waals surface area contributed by atoms with Gasteiger partial charge in [-0.1, -0.05) is 27.7 Å². The first-order chi connectivity index (χ1) is 5.27. The summed E-state index contributed by atoms with van der Waals surface area (Å²) in [5.74, 6) is -0.466. The van der Waals surface area contributed by atoms with Gasteiger partial charge in [0.05, 0.1) is 0 Å². The van der Waals surface area contributed by atoms with E-state index in [-0.39, 0.29) is 5.41 Å². The second-order valence-electron chi connectivity index (χ2n) is 4.29. The highest BCUT2D eigenvalue weighted by molar-refractivity contribution is 5.73. The molecule has 3 heteroatoms. The molecule has 0 saturated heterocycles. The van der Waals surface area contributed by atoms with Crippen LogP contribution < -0.4 is 5.73 Å². The quantitative estimate of drug-likeness (QED) is 0.676. The number of carbonyl (C=O) groups is 1. The van der Waals surface area contributed by atoms with Crippen molar-refractivity contribution in [3.05, 3.63) is 0 Å². The first-order valence-electron chi connectivity index (χ1n) is 4.25. The van der Waals surface area contributed by atoms with E-state index in [9.17, 15) is 4.79 Å². The predicted molar refractivity (Wildman–Crippen MR) is 48.8 cm³/mol. The van der Waals surface area contributed by atoms with Crippen molar-refractivity contribution >= 4 is 5.97 Å². The first-order valence-corrected chi connectivity index (χ1v) is 4.25. The minimum absolute atomic E-state index is 0.00218. The Balaban J connectivity index is 4.15. The fourth-order valence-corrected chi connectivity index (χ4v) is 0.890. The summed E-state index contributed by atoms with van der Waals surface area (Å²) in [5.41, 5.74) is 5.44. The van der Waals surface area contributed by atoms with Crippen LogP contribution in [-0.2, 0) is 4.79 Å². The maximum atomic E-state index is 10.5. The molecule has 0 aromatic carbocycles. The Morgan fingerprint density at radius 1 is 1.50 bits per heavy atom. The van der Waals surface area contributed by atoms with Gasteiger partial charge >= 0.3 is 5.97 Å². The van der Waals surface area contributed by atoms with E-state index in [0.29, 0.717) is 12.3 Å². The van der Waals surface area contributed by atoms with Crippen LogP contribution in [0.5, 0.6) is 0 Å². The maximum Gasteiger partial charge on any atom is 0.320 e. The SMILES string of the molecule is CC(C)C(C)(C)C[C@H](N)C(=O)O. The molecule has 0 bridgehead atoms. The molecule has 0 saturated carbocycles. The lowest BCUT2D eigenvalue weighted by Gasteiger charge is -2.30. The molecule has 0 aliphatic rings. The van der Waals surface area contributed by atoms with Crippen LogP contribution in [0.15, 0.2) is 0 Å². The molecule has 12 heavy (non-hydrogen) atoms. The lowest BCUT2D eigenvalue weighted by molar-refractivity contribution is -0.139. The Kier molecular flexibility index (Phi) is 3.71. The Hall–Kier alpha value is -0.570. The van der Waals surface area contributed by atoms with Gasteiger partial charge in [0.25, 0.3) is 0 Å². The Bertz CT molecular complexity index is 164.